The molecule has 128 valence electrons. The Hall–Kier alpha value is -2.46. The highest BCUT2D eigenvalue weighted by molar-refractivity contribution is 5.61. The maximum atomic E-state index is 5.44. The quantitative estimate of drug-likeness (QED) is 0.722. The van der Waals surface area contributed by atoms with Crippen LogP contribution in [0.1, 0.15) is 17.5 Å². The zero-order chi connectivity index (χ0) is 17.2. The fourth-order valence-corrected chi connectivity index (χ4v) is 3.68. The SMILES string of the molecule is CN(C)CC1CCc2cc(-c3noc(-c4ccccc4)n3)ccc2C1. The first-order valence-corrected chi connectivity index (χ1v) is 8.85. The van der Waals surface area contributed by atoms with E-state index >= 15 is 0 Å². The Balaban J connectivity index is 1.56. The maximum absolute atomic E-state index is 5.44. The highest BCUT2D eigenvalue weighted by Gasteiger charge is 2.20. The summed E-state index contributed by atoms with van der Waals surface area (Å²) in [4.78, 5) is 6.86. The van der Waals surface area contributed by atoms with Crippen LogP contribution >= 0.6 is 0 Å². The van der Waals surface area contributed by atoms with Gasteiger partial charge in [0.2, 0.25) is 5.82 Å². The Morgan fingerprint density at radius 1 is 1.04 bits per heavy atom. The van der Waals surface area contributed by atoms with Gasteiger partial charge in [-0.15, -0.1) is 0 Å². The molecular formula is C21H23N3O. The molecule has 2 aromatic carbocycles. The molecule has 1 aliphatic carbocycles. The monoisotopic (exact) mass is 333 g/mol. The van der Waals surface area contributed by atoms with Gasteiger partial charge in [0.15, 0.2) is 0 Å². The van der Waals surface area contributed by atoms with Crippen LogP contribution in [0.3, 0.4) is 0 Å². The number of rotatable bonds is 4. The molecule has 3 aromatic rings. The molecular weight excluding hydrogens is 310 g/mol. The van der Waals surface area contributed by atoms with Gasteiger partial charge in [-0.1, -0.05) is 35.5 Å². The van der Waals surface area contributed by atoms with E-state index in [1.165, 1.54) is 17.5 Å². The zero-order valence-corrected chi connectivity index (χ0v) is 14.8. The van der Waals surface area contributed by atoms with E-state index in [2.05, 4.69) is 47.3 Å². The number of aryl methyl sites for hydroxylation is 1. The van der Waals surface area contributed by atoms with Gasteiger partial charge in [0.1, 0.15) is 0 Å². The zero-order valence-electron chi connectivity index (χ0n) is 14.8. The van der Waals surface area contributed by atoms with Crippen LogP contribution in [-0.2, 0) is 12.8 Å². The molecule has 0 saturated carbocycles. The molecule has 1 aromatic heterocycles. The second-order valence-corrected chi connectivity index (χ2v) is 7.14. The third-order valence-corrected chi connectivity index (χ3v) is 4.87. The molecule has 0 radical (unpaired) electrons. The molecule has 1 unspecified atom stereocenters. The largest absolute Gasteiger partial charge is 0.334 e. The van der Waals surface area contributed by atoms with Crippen LogP contribution in [0.25, 0.3) is 22.8 Å². The standard InChI is InChI=1S/C21H23N3O/c1-24(2)14-15-8-9-18-13-19(11-10-17(18)12-15)20-22-21(25-23-20)16-6-4-3-5-7-16/h3-7,10-11,13,15H,8-9,12,14H2,1-2H3. The predicted octanol–water partition coefficient (Wildman–Crippen LogP) is 4.07. The van der Waals surface area contributed by atoms with Crippen molar-refractivity contribution in [1.29, 1.82) is 0 Å². The first-order chi connectivity index (χ1) is 12.2. The van der Waals surface area contributed by atoms with Gasteiger partial charge in [-0.3, -0.25) is 0 Å². The van der Waals surface area contributed by atoms with Gasteiger partial charge in [-0.2, -0.15) is 4.98 Å². The van der Waals surface area contributed by atoms with E-state index < -0.39 is 0 Å². The Kier molecular flexibility index (Phi) is 4.36. The first kappa shape index (κ1) is 16.0. The fraction of sp³-hybridized carbons (Fsp3) is 0.333. The van der Waals surface area contributed by atoms with Crippen LogP contribution in [0.4, 0.5) is 0 Å². The van der Waals surface area contributed by atoms with E-state index in [0.29, 0.717) is 11.7 Å². The van der Waals surface area contributed by atoms with E-state index in [4.69, 9.17) is 4.52 Å². The number of aromatic nitrogens is 2. The second-order valence-electron chi connectivity index (χ2n) is 7.14. The lowest BCUT2D eigenvalue weighted by Crippen LogP contribution is -2.26. The summed E-state index contributed by atoms with van der Waals surface area (Å²) >= 11 is 0. The van der Waals surface area contributed by atoms with E-state index in [9.17, 15) is 0 Å². The topological polar surface area (TPSA) is 42.2 Å². The van der Waals surface area contributed by atoms with Gasteiger partial charge in [-0.25, -0.2) is 0 Å². The van der Waals surface area contributed by atoms with E-state index in [0.717, 1.165) is 36.4 Å². The summed E-state index contributed by atoms with van der Waals surface area (Å²) < 4.78 is 5.44. The number of nitrogens with zero attached hydrogens (tertiary/aromatic N) is 3. The van der Waals surface area contributed by atoms with Gasteiger partial charge in [0, 0.05) is 17.7 Å². The van der Waals surface area contributed by atoms with Gasteiger partial charge in [-0.05, 0) is 68.6 Å². The molecule has 1 atom stereocenters. The lowest BCUT2D eigenvalue weighted by Gasteiger charge is -2.27. The van der Waals surface area contributed by atoms with E-state index in [1.54, 1.807) is 0 Å². The van der Waals surface area contributed by atoms with Crippen molar-refractivity contribution in [2.45, 2.75) is 19.3 Å². The van der Waals surface area contributed by atoms with Crippen molar-refractivity contribution in [3.63, 3.8) is 0 Å². The molecule has 0 amide bonds. The summed E-state index contributed by atoms with van der Waals surface area (Å²) in [5.41, 5.74) is 4.88. The van der Waals surface area contributed by atoms with Crippen LogP contribution < -0.4 is 0 Å². The van der Waals surface area contributed by atoms with Gasteiger partial charge < -0.3 is 9.42 Å². The van der Waals surface area contributed by atoms with Gasteiger partial charge in [0.05, 0.1) is 0 Å². The summed E-state index contributed by atoms with van der Waals surface area (Å²) in [7, 11) is 4.30. The normalized spacial score (nSPS) is 16.8. The van der Waals surface area contributed by atoms with Crippen LogP contribution in [-0.4, -0.2) is 35.7 Å². The molecule has 0 spiro atoms. The van der Waals surface area contributed by atoms with Crippen molar-refractivity contribution in [3.8, 4) is 22.8 Å². The highest BCUT2D eigenvalue weighted by atomic mass is 16.5. The van der Waals surface area contributed by atoms with Crippen molar-refractivity contribution < 1.29 is 4.52 Å². The predicted molar refractivity (Wildman–Crippen MR) is 99.2 cm³/mol. The van der Waals surface area contributed by atoms with Crippen molar-refractivity contribution in [1.82, 2.24) is 15.0 Å². The average molecular weight is 333 g/mol. The smallest absolute Gasteiger partial charge is 0.258 e. The fourth-order valence-electron chi connectivity index (χ4n) is 3.68. The Morgan fingerprint density at radius 2 is 1.88 bits per heavy atom. The summed E-state index contributed by atoms with van der Waals surface area (Å²) in [5.74, 6) is 1.99. The second kappa shape index (κ2) is 6.81. The minimum atomic E-state index is 0.569. The summed E-state index contributed by atoms with van der Waals surface area (Å²) in [5, 5.41) is 4.17. The lowest BCUT2D eigenvalue weighted by atomic mass is 9.83. The molecule has 0 fully saturated rings. The summed E-state index contributed by atoms with van der Waals surface area (Å²) in [6, 6.07) is 16.5. The lowest BCUT2D eigenvalue weighted by molar-refractivity contribution is 0.303. The Labute approximate surface area is 148 Å². The summed E-state index contributed by atoms with van der Waals surface area (Å²) in [6.07, 6.45) is 3.54. The molecule has 0 N–H and O–H groups in total. The minimum absolute atomic E-state index is 0.569. The number of hydrogen-bond donors (Lipinski definition) is 0. The maximum Gasteiger partial charge on any atom is 0.258 e. The van der Waals surface area contributed by atoms with Gasteiger partial charge in [0.25, 0.3) is 5.89 Å². The highest BCUT2D eigenvalue weighted by Crippen LogP contribution is 2.30. The van der Waals surface area contributed by atoms with Crippen LogP contribution in [0.5, 0.6) is 0 Å². The van der Waals surface area contributed by atoms with Crippen LogP contribution in [0.15, 0.2) is 53.1 Å². The third kappa shape index (κ3) is 3.49. The third-order valence-electron chi connectivity index (χ3n) is 4.87. The van der Waals surface area contributed by atoms with Crippen molar-refractivity contribution in [2.75, 3.05) is 20.6 Å². The summed E-state index contributed by atoms with van der Waals surface area (Å²) in [6.45, 7) is 1.16. The minimum Gasteiger partial charge on any atom is -0.334 e. The van der Waals surface area contributed by atoms with Crippen LogP contribution in [0, 0.1) is 5.92 Å². The molecule has 4 rings (SSSR count). The Morgan fingerprint density at radius 3 is 2.68 bits per heavy atom. The molecule has 1 aliphatic rings. The number of benzene rings is 2. The molecule has 0 aliphatic heterocycles. The number of fused-ring (bicyclic) bond motifs is 1. The molecule has 4 nitrogen and oxygen atoms in total. The van der Waals surface area contributed by atoms with Gasteiger partial charge >= 0.3 is 0 Å². The van der Waals surface area contributed by atoms with E-state index in [1.807, 2.05) is 30.3 Å². The molecule has 1 heterocycles. The first-order valence-electron chi connectivity index (χ1n) is 8.85. The van der Waals surface area contributed by atoms with Crippen molar-refractivity contribution in [2.24, 2.45) is 5.92 Å². The van der Waals surface area contributed by atoms with E-state index in [-0.39, 0.29) is 0 Å². The molecule has 0 saturated heterocycles. The molecule has 4 heteroatoms. The Bertz CT molecular complexity index is 855. The van der Waals surface area contributed by atoms with Crippen molar-refractivity contribution >= 4 is 0 Å². The van der Waals surface area contributed by atoms with Crippen molar-refractivity contribution in [3.05, 3.63) is 59.7 Å². The molecule has 0 bridgehead atoms. The molecule has 25 heavy (non-hydrogen) atoms. The number of hydrogen-bond acceptors (Lipinski definition) is 4. The average Bonchev–Trinajstić information content (AvgIpc) is 3.12. The van der Waals surface area contributed by atoms with Crippen LogP contribution in [0.2, 0.25) is 0 Å².